The molecule has 0 N–H and O–H groups in total. The fourth-order valence-corrected chi connectivity index (χ4v) is 5.20. The van der Waals surface area contributed by atoms with E-state index in [4.69, 9.17) is 4.99 Å². The van der Waals surface area contributed by atoms with Gasteiger partial charge in [0.05, 0.1) is 16.7 Å². The predicted molar refractivity (Wildman–Crippen MR) is 121 cm³/mol. The molecular formula is C20H28ClFN4O3S. The monoisotopic (exact) mass is 458 g/mol. The van der Waals surface area contributed by atoms with Gasteiger partial charge in [0.25, 0.3) is 5.69 Å². The standard InChI is InChI=1S/C20H27FN4O3S.ClH/c1-3-11-23-19(13-29-20(23)22-15-7-5-4-6-8-15)24(14(2)26)18-12-16(25(27)28)9-10-17(18)21;/h9-10,12,15,19H,3-8,11,13H2,1-2H3;1H. The van der Waals surface area contributed by atoms with Gasteiger partial charge in [-0.3, -0.25) is 24.8 Å². The summed E-state index contributed by atoms with van der Waals surface area (Å²) < 4.78 is 14.6. The van der Waals surface area contributed by atoms with E-state index in [-0.39, 0.29) is 29.7 Å². The Balaban J connectivity index is 0.00000320. The van der Waals surface area contributed by atoms with Crippen LogP contribution in [0.1, 0.15) is 52.4 Å². The third kappa shape index (κ3) is 5.43. The molecular weight excluding hydrogens is 431 g/mol. The minimum atomic E-state index is -0.648. The molecule has 0 bridgehead atoms. The van der Waals surface area contributed by atoms with Gasteiger partial charge < -0.3 is 4.90 Å². The number of carbonyl (C=O) groups excluding carboxylic acids is 1. The van der Waals surface area contributed by atoms with Crippen molar-refractivity contribution in [1.29, 1.82) is 0 Å². The lowest BCUT2D eigenvalue weighted by Gasteiger charge is -2.35. The number of aliphatic imine (C=N–C) groups is 1. The van der Waals surface area contributed by atoms with E-state index in [9.17, 15) is 19.3 Å². The maximum atomic E-state index is 14.6. The van der Waals surface area contributed by atoms with Crippen molar-refractivity contribution in [2.75, 3.05) is 17.2 Å². The van der Waals surface area contributed by atoms with Gasteiger partial charge in [-0.1, -0.05) is 37.9 Å². The Morgan fingerprint density at radius 3 is 2.67 bits per heavy atom. The number of nitro groups is 1. The SMILES string of the molecule is CCCN1C(=NC2CCCCC2)SCC1N(C(C)=O)c1cc([N+](=O)[O-])ccc1F.Cl. The van der Waals surface area contributed by atoms with Crippen LogP contribution in [0.5, 0.6) is 0 Å². The Morgan fingerprint density at radius 1 is 1.37 bits per heavy atom. The molecule has 1 aliphatic heterocycles. The van der Waals surface area contributed by atoms with E-state index in [0.29, 0.717) is 18.3 Å². The van der Waals surface area contributed by atoms with Crippen molar-refractivity contribution < 1.29 is 14.1 Å². The van der Waals surface area contributed by atoms with Crippen LogP contribution in [0, 0.1) is 15.9 Å². The molecule has 1 aromatic carbocycles. The Hall–Kier alpha value is -1.87. The summed E-state index contributed by atoms with van der Waals surface area (Å²) in [6, 6.07) is 3.60. The first-order valence-corrected chi connectivity index (χ1v) is 11.1. The lowest BCUT2D eigenvalue weighted by Crippen LogP contribution is -2.50. The lowest BCUT2D eigenvalue weighted by molar-refractivity contribution is -0.384. The van der Waals surface area contributed by atoms with Gasteiger partial charge in [0.1, 0.15) is 12.0 Å². The topological polar surface area (TPSA) is 79.0 Å². The Morgan fingerprint density at radius 2 is 2.07 bits per heavy atom. The Labute approximate surface area is 186 Å². The summed E-state index contributed by atoms with van der Waals surface area (Å²) in [5.41, 5.74) is -0.297. The summed E-state index contributed by atoms with van der Waals surface area (Å²) in [5, 5.41) is 12.1. The molecule has 1 saturated carbocycles. The van der Waals surface area contributed by atoms with E-state index < -0.39 is 16.9 Å². The first-order valence-electron chi connectivity index (χ1n) is 10.1. The number of anilines is 1. The third-order valence-electron chi connectivity index (χ3n) is 5.34. The molecule has 1 saturated heterocycles. The van der Waals surface area contributed by atoms with Gasteiger partial charge in [0.15, 0.2) is 5.17 Å². The molecule has 0 spiro atoms. The molecule has 1 heterocycles. The highest BCUT2D eigenvalue weighted by Crippen LogP contribution is 2.34. The largest absolute Gasteiger partial charge is 0.330 e. The van der Waals surface area contributed by atoms with E-state index in [0.717, 1.165) is 42.6 Å². The number of nitrogens with zero attached hydrogens (tertiary/aromatic N) is 4. The molecule has 1 amide bonds. The Bertz CT molecular complexity index is 804. The quantitative estimate of drug-likeness (QED) is 0.443. The number of halogens is 2. The summed E-state index contributed by atoms with van der Waals surface area (Å²) in [6.07, 6.45) is 6.19. The van der Waals surface area contributed by atoms with Crippen LogP contribution in [-0.4, -0.2) is 45.4 Å². The van der Waals surface area contributed by atoms with Gasteiger partial charge in [-0.25, -0.2) is 4.39 Å². The molecule has 1 atom stereocenters. The second-order valence-electron chi connectivity index (χ2n) is 7.47. The molecule has 1 aliphatic carbocycles. The van der Waals surface area contributed by atoms with Crippen LogP contribution in [0.4, 0.5) is 15.8 Å². The zero-order valence-electron chi connectivity index (χ0n) is 17.3. The number of non-ortho nitro benzene ring substituents is 1. The zero-order chi connectivity index (χ0) is 21.0. The average Bonchev–Trinajstić information content (AvgIpc) is 3.06. The normalized spacial score (nSPS) is 20.8. The van der Waals surface area contributed by atoms with Crippen LogP contribution in [-0.2, 0) is 4.79 Å². The first kappa shape index (κ1) is 24.4. The van der Waals surface area contributed by atoms with Crippen LogP contribution in [0.3, 0.4) is 0 Å². The van der Waals surface area contributed by atoms with Gasteiger partial charge >= 0.3 is 0 Å². The van der Waals surface area contributed by atoms with Crippen LogP contribution < -0.4 is 4.90 Å². The van der Waals surface area contributed by atoms with E-state index in [1.54, 1.807) is 11.8 Å². The highest BCUT2D eigenvalue weighted by Gasteiger charge is 2.38. The minimum absolute atomic E-state index is 0. The predicted octanol–water partition coefficient (Wildman–Crippen LogP) is 4.98. The molecule has 2 aliphatic rings. The maximum absolute atomic E-state index is 14.6. The maximum Gasteiger partial charge on any atom is 0.271 e. The zero-order valence-corrected chi connectivity index (χ0v) is 18.9. The number of hydrogen-bond donors (Lipinski definition) is 0. The summed E-state index contributed by atoms with van der Waals surface area (Å²) >= 11 is 1.57. The van der Waals surface area contributed by atoms with Gasteiger partial charge in [0, 0.05) is 31.4 Å². The number of benzene rings is 1. The minimum Gasteiger partial charge on any atom is -0.330 e. The second-order valence-corrected chi connectivity index (χ2v) is 8.46. The number of thioether (sulfide) groups is 1. The fraction of sp³-hybridized carbons (Fsp3) is 0.600. The van der Waals surface area contributed by atoms with Crippen molar-refractivity contribution in [3.05, 3.63) is 34.1 Å². The second kappa shape index (κ2) is 10.9. The van der Waals surface area contributed by atoms with Gasteiger partial charge in [-0.05, 0) is 25.3 Å². The number of amidine groups is 1. The summed E-state index contributed by atoms with van der Waals surface area (Å²) in [5.74, 6) is -0.451. The highest BCUT2D eigenvalue weighted by atomic mass is 35.5. The van der Waals surface area contributed by atoms with Gasteiger partial charge in [-0.15, -0.1) is 12.4 Å². The van der Waals surface area contributed by atoms with Crippen molar-refractivity contribution in [1.82, 2.24) is 4.90 Å². The number of hydrogen-bond acceptors (Lipinski definition) is 5. The molecule has 10 heteroatoms. The van der Waals surface area contributed by atoms with E-state index in [1.807, 2.05) is 6.92 Å². The van der Waals surface area contributed by atoms with Crippen LogP contribution in [0.25, 0.3) is 0 Å². The van der Waals surface area contributed by atoms with Crippen LogP contribution in [0.15, 0.2) is 23.2 Å². The van der Waals surface area contributed by atoms with Crippen molar-refractivity contribution in [2.45, 2.75) is 64.6 Å². The number of rotatable bonds is 6. The van der Waals surface area contributed by atoms with E-state index in [1.165, 1.54) is 31.1 Å². The number of amides is 1. The average molecular weight is 459 g/mol. The van der Waals surface area contributed by atoms with Crippen LogP contribution >= 0.6 is 24.2 Å². The number of nitro benzene ring substituents is 1. The summed E-state index contributed by atoms with van der Waals surface area (Å²) in [6.45, 7) is 4.09. The molecule has 3 rings (SSSR count). The molecule has 0 radical (unpaired) electrons. The fourth-order valence-electron chi connectivity index (χ4n) is 3.97. The molecule has 166 valence electrons. The van der Waals surface area contributed by atoms with Crippen molar-refractivity contribution in [3.63, 3.8) is 0 Å². The van der Waals surface area contributed by atoms with Crippen molar-refractivity contribution in [2.24, 2.45) is 4.99 Å². The van der Waals surface area contributed by atoms with Gasteiger partial charge in [-0.2, -0.15) is 0 Å². The van der Waals surface area contributed by atoms with Crippen molar-refractivity contribution in [3.8, 4) is 0 Å². The van der Waals surface area contributed by atoms with Crippen LogP contribution in [0.2, 0.25) is 0 Å². The molecule has 0 aromatic heterocycles. The Kier molecular flexibility index (Phi) is 8.91. The third-order valence-corrected chi connectivity index (χ3v) is 6.40. The molecule has 1 aromatic rings. The van der Waals surface area contributed by atoms with E-state index in [2.05, 4.69) is 4.90 Å². The van der Waals surface area contributed by atoms with Crippen molar-refractivity contribution >= 4 is 46.6 Å². The molecule has 1 unspecified atom stereocenters. The first-order chi connectivity index (χ1) is 13.9. The smallest absolute Gasteiger partial charge is 0.271 e. The molecule has 30 heavy (non-hydrogen) atoms. The number of carbonyl (C=O) groups is 1. The lowest BCUT2D eigenvalue weighted by atomic mass is 9.96. The van der Waals surface area contributed by atoms with E-state index >= 15 is 0 Å². The summed E-state index contributed by atoms with van der Waals surface area (Å²) in [4.78, 5) is 31.5. The molecule has 2 fully saturated rings. The summed E-state index contributed by atoms with van der Waals surface area (Å²) in [7, 11) is 0. The van der Waals surface area contributed by atoms with Gasteiger partial charge in [0.2, 0.25) is 5.91 Å². The molecule has 7 nitrogen and oxygen atoms in total. The highest BCUT2D eigenvalue weighted by molar-refractivity contribution is 8.14.